The Morgan fingerprint density at radius 2 is 1.97 bits per heavy atom. The third-order valence-corrected chi connectivity index (χ3v) is 10.1. The number of aromatic nitrogens is 2. The maximum Gasteiger partial charge on any atom is 0.229 e. The number of hydrogen-bond donors (Lipinski definition) is 1. The van der Waals surface area contributed by atoms with E-state index in [1.54, 1.807) is 6.07 Å². The minimum absolute atomic E-state index is 0.0481. The molecular weight excluding hydrogens is 396 g/mol. The molecule has 1 aromatic rings. The first-order valence-corrected chi connectivity index (χ1v) is 13.1. The highest BCUT2D eigenvalue weighted by atomic mass is 16.2. The Bertz CT molecular complexity index is 894. The van der Waals surface area contributed by atoms with Gasteiger partial charge in [0.15, 0.2) is 0 Å². The Morgan fingerprint density at radius 1 is 1.12 bits per heavy atom. The third kappa shape index (κ3) is 3.74. The van der Waals surface area contributed by atoms with Crippen molar-refractivity contribution < 1.29 is 4.79 Å². The number of carbonyl (C=O) groups excluding carboxylic acids is 1. The number of nitrogens with zero attached hydrogens (tertiary/aromatic N) is 3. The van der Waals surface area contributed by atoms with E-state index in [9.17, 15) is 4.79 Å². The second-order valence-electron chi connectivity index (χ2n) is 11.5. The van der Waals surface area contributed by atoms with Crippen LogP contribution in [-0.2, 0) is 4.79 Å². The SMILES string of the molecule is CCCC1CCC2C(CCC3C2CCC2(C)C(C(=O)Nc4cc(C#N)ncn4)CCC32)C1. The highest BCUT2D eigenvalue weighted by molar-refractivity contribution is 5.92. The number of nitrogens with one attached hydrogen (secondary N) is 1. The lowest BCUT2D eigenvalue weighted by Gasteiger charge is -2.56. The molecule has 1 amide bonds. The Labute approximate surface area is 192 Å². The normalized spacial score (nSPS) is 40.5. The summed E-state index contributed by atoms with van der Waals surface area (Å²) in [6.45, 7) is 4.74. The number of rotatable bonds is 4. The van der Waals surface area contributed by atoms with Gasteiger partial charge in [-0.3, -0.25) is 4.79 Å². The molecule has 32 heavy (non-hydrogen) atoms. The van der Waals surface area contributed by atoms with Gasteiger partial charge < -0.3 is 5.32 Å². The molecule has 172 valence electrons. The quantitative estimate of drug-likeness (QED) is 0.633. The van der Waals surface area contributed by atoms with E-state index in [0.29, 0.717) is 11.7 Å². The topological polar surface area (TPSA) is 78.7 Å². The predicted octanol–water partition coefficient (Wildman–Crippen LogP) is 5.97. The molecule has 8 atom stereocenters. The fourth-order valence-electron chi connectivity index (χ4n) is 8.75. The summed E-state index contributed by atoms with van der Waals surface area (Å²) in [4.78, 5) is 21.4. The lowest BCUT2D eigenvalue weighted by Crippen LogP contribution is -2.49. The largest absolute Gasteiger partial charge is 0.310 e. The Morgan fingerprint density at radius 3 is 2.78 bits per heavy atom. The molecule has 0 saturated heterocycles. The van der Waals surface area contributed by atoms with Crippen molar-refractivity contribution in [2.24, 2.45) is 46.8 Å². The standard InChI is InChI=1S/C27H38N4O/c1-3-4-17-5-7-20-18(13-17)6-8-22-21(20)11-12-27(2)23(22)9-10-24(27)26(32)31-25-14-19(15-28)29-16-30-25/h14,16-18,20-24H,3-13H2,1-2H3,(H,29,30,31,32). The molecule has 5 rings (SSSR count). The van der Waals surface area contributed by atoms with Crippen molar-refractivity contribution in [3.05, 3.63) is 18.1 Å². The molecule has 8 unspecified atom stereocenters. The number of hydrogen-bond acceptors (Lipinski definition) is 4. The molecule has 1 heterocycles. The summed E-state index contributed by atoms with van der Waals surface area (Å²) >= 11 is 0. The van der Waals surface area contributed by atoms with Crippen LogP contribution in [0.15, 0.2) is 12.4 Å². The zero-order chi connectivity index (χ0) is 22.3. The van der Waals surface area contributed by atoms with Gasteiger partial charge in [0, 0.05) is 12.0 Å². The van der Waals surface area contributed by atoms with E-state index < -0.39 is 0 Å². The minimum Gasteiger partial charge on any atom is -0.310 e. The van der Waals surface area contributed by atoms with Crippen LogP contribution in [0.2, 0.25) is 0 Å². The van der Waals surface area contributed by atoms with Gasteiger partial charge in [0.05, 0.1) is 0 Å². The highest BCUT2D eigenvalue weighted by Crippen LogP contribution is 2.64. The lowest BCUT2D eigenvalue weighted by atomic mass is 9.49. The van der Waals surface area contributed by atoms with Gasteiger partial charge in [-0.1, -0.05) is 33.1 Å². The van der Waals surface area contributed by atoms with Crippen molar-refractivity contribution >= 4 is 11.7 Å². The third-order valence-electron chi connectivity index (χ3n) is 10.1. The molecule has 5 heteroatoms. The maximum atomic E-state index is 13.3. The van der Waals surface area contributed by atoms with Crippen LogP contribution in [0.25, 0.3) is 0 Å². The molecule has 0 bridgehead atoms. The molecule has 0 aliphatic heterocycles. The van der Waals surface area contributed by atoms with Crippen LogP contribution in [0.5, 0.6) is 0 Å². The van der Waals surface area contributed by atoms with Gasteiger partial charge in [-0.2, -0.15) is 5.26 Å². The zero-order valence-electron chi connectivity index (χ0n) is 19.7. The van der Waals surface area contributed by atoms with E-state index in [4.69, 9.17) is 5.26 Å². The van der Waals surface area contributed by atoms with Crippen molar-refractivity contribution in [2.75, 3.05) is 5.32 Å². The van der Waals surface area contributed by atoms with Crippen LogP contribution >= 0.6 is 0 Å². The Hall–Kier alpha value is -1.96. The van der Waals surface area contributed by atoms with Gasteiger partial charge in [-0.05, 0) is 92.3 Å². The van der Waals surface area contributed by atoms with E-state index in [1.807, 2.05) is 6.07 Å². The average Bonchev–Trinajstić information content (AvgIpc) is 3.16. The highest BCUT2D eigenvalue weighted by Gasteiger charge is 2.58. The van der Waals surface area contributed by atoms with Gasteiger partial charge in [-0.25, -0.2) is 9.97 Å². The fraction of sp³-hybridized carbons (Fsp3) is 0.778. The van der Waals surface area contributed by atoms with Crippen molar-refractivity contribution in [3.63, 3.8) is 0 Å². The van der Waals surface area contributed by atoms with E-state index in [-0.39, 0.29) is 22.9 Å². The molecule has 4 fully saturated rings. The lowest BCUT2D eigenvalue weighted by molar-refractivity contribution is -0.127. The second-order valence-corrected chi connectivity index (χ2v) is 11.5. The second kappa shape index (κ2) is 8.76. The maximum absolute atomic E-state index is 13.3. The monoisotopic (exact) mass is 434 g/mol. The summed E-state index contributed by atoms with van der Waals surface area (Å²) < 4.78 is 0. The molecule has 4 aliphatic rings. The number of fused-ring (bicyclic) bond motifs is 5. The molecule has 0 aromatic carbocycles. The van der Waals surface area contributed by atoms with Crippen LogP contribution in [0.4, 0.5) is 5.82 Å². The van der Waals surface area contributed by atoms with Gasteiger partial charge in [0.2, 0.25) is 5.91 Å². The van der Waals surface area contributed by atoms with Crippen LogP contribution < -0.4 is 5.32 Å². The minimum atomic E-state index is 0.0481. The van der Waals surface area contributed by atoms with Gasteiger partial charge >= 0.3 is 0 Å². The van der Waals surface area contributed by atoms with Crippen LogP contribution in [0.1, 0.15) is 90.2 Å². The molecule has 0 spiro atoms. The Kier molecular flexibility index (Phi) is 5.99. The number of amides is 1. The number of nitriles is 1. The summed E-state index contributed by atoms with van der Waals surface area (Å²) in [5, 5.41) is 12.1. The number of carbonyl (C=O) groups is 1. The summed E-state index contributed by atoms with van der Waals surface area (Å²) in [7, 11) is 0. The van der Waals surface area contributed by atoms with E-state index in [0.717, 1.165) is 36.0 Å². The average molecular weight is 435 g/mol. The van der Waals surface area contributed by atoms with Crippen molar-refractivity contribution in [3.8, 4) is 6.07 Å². The summed E-state index contributed by atoms with van der Waals surface area (Å²) in [5.74, 6) is 5.89. The van der Waals surface area contributed by atoms with Crippen LogP contribution in [0, 0.1) is 58.2 Å². The van der Waals surface area contributed by atoms with Crippen molar-refractivity contribution in [2.45, 2.75) is 84.5 Å². The zero-order valence-corrected chi connectivity index (χ0v) is 19.7. The fourth-order valence-corrected chi connectivity index (χ4v) is 8.75. The van der Waals surface area contributed by atoms with Crippen LogP contribution in [0.3, 0.4) is 0 Å². The van der Waals surface area contributed by atoms with Gasteiger partial charge in [0.1, 0.15) is 23.9 Å². The van der Waals surface area contributed by atoms with E-state index >= 15 is 0 Å². The van der Waals surface area contributed by atoms with Crippen molar-refractivity contribution in [1.82, 2.24) is 9.97 Å². The smallest absolute Gasteiger partial charge is 0.229 e. The first-order chi connectivity index (χ1) is 15.5. The van der Waals surface area contributed by atoms with Gasteiger partial charge in [-0.15, -0.1) is 0 Å². The number of anilines is 1. The predicted molar refractivity (Wildman–Crippen MR) is 124 cm³/mol. The molecular formula is C27H38N4O. The summed E-state index contributed by atoms with van der Waals surface area (Å²) in [6.07, 6.45) is 16.0. The van der Waals surface area contributed by atoms with Crippen LogP contribution in [-0.4, -0.2) is 15.9 Å². The molecule has 0 radical (unpaired) electrons. The molecule has 1 aromatic heterocycles. The van der Waals surface area contributed by atoms with Gasteiger partial charge in [0.25, 0.3) is 0 Å². The molecule has 4 saturated carbocycles. The molecule has 5 nitrogen and oxygen atoms in total. The first kappa shape index (κ1) is 21.9. The molecule has 4 aliphatic carbocycles. The summed E-state index contributed by atoms with van der Waals surface area (Å²) in [6, 6.07) is 3.59. The van der Waals surface area contributed by atoms with Crippen molar-refractivity contribution in [1.29, 1.82) is 5.26 Å². The summed E-state index contributed by atoms with van der Waals surface area (Å²) in [5.41, 5.74) is 0.388. The Balaban J connectivity index is 1.28. The van der Waals surface area contributed by atoms with E-state index in [1.165, 1.54) is 70.5 Å². The first-order valence-electron chi connectivity index (χ1n) is 13.1. The van der Waals surface area contributed by atoms with E-state index in [2.05, 4.69) is 29.1 Å². The molecule has 1 N–H and O–H groups in total.